The molecule has 1 fully saturated rings. The van der Waals surface area contributed by atoms with Gasteiger partial charge in [-0.05, 0) is 81.6 Å². The van der Waals surface area contributed by atoms with Gasteiger partial charge in [-0.3, -0.25) is 14.9 Å². The van der Waals surface area contributed by atoms with Crippen molar-refractivity contribution < 1.29 is 28.6 Å². The average molecular weight is 719 g/mol. The molecule has 0 spiro atoms. The third kappa shape index (κ3) is 4.98. The smallest absolute Gasteiger partial charge is 0.335 e. The van der Waals surface area contributed by atoms with E-state index in [1.807, 2.05) is 12.1 Å². The molecule has 2 aliphatic heterocycles. The Morgan fingerprint density at radius 3 is 2.65 bits per heavy atom. The minimum Gasteiger partial charge on any atom is -0.487 e. The third-order valence-corrected chi connectivity index (χ3v) is 6.99. The number of rotatable bonds is 5. The van der Waals surface area contributed by atoms with Gasteiger partial charge in [0.2, 0.25) is 6.79 Å². The van der Waals surface area contributed by atoms with Crippen LogP contribution in [-0.2, 0) is 16.2 Å². The van der Waals surface area contributed by atoms with Crippen molar-refractivity contribution in [2.75, 3.05) is 11.7 Å². The van der Waals surface area contributed by atoms with E-state index in [4.69, 9.17) is 14.2 Å². The van der Waals surface area contributed by atoms with E-state index in [1.165, 1.54) is 18.2 Å². The van der Waals surface area contributed by atoms with Crippen LogP contribution in [0.2, 0.25) is 0 Å². The van der Waals surface area contributed by atoms with Crippen LogP contribution in [-0.4, -0.2) is 24.6 Å². The molecule has 1 saturated heterocycles. The van der Waals surface area contributed by atoms with Gasteiger partial charge < -0.3 is 14.2 Å². The minimum absolute atomic E-state index is 0.0372. The highest BCUT2D eigenvalue weighted by Gasteiger charge is 2.37. The first-order chi connectivity index (χ1) is 17.9. The van der Waals surface area contributed by atoms with Crippen LogP contribution in [0.1, 0.15) is 16.7 Å². The molecular formula is C26H15I2N3O6. The number of barbiturate groups is 1. The zero-order valence-corrected chi connectivity index (χ0v) is 23.1. The lowest BCUT2D eigenvalue weighted by molar-refractivity contribution is -0.122. The first-order valence-electron chi connectivity index (χ1n) is 10.8. The Balaban J connectivity index is 1.51. The maximum absolute atomic E-state index is 13.4. The number of benzene rings is 3. The number of nitrogens with one attached hydrogen (secondary N) is 1. The van der Waals surface area contributed by atoms with Gasteiger partial charge in [0.25, 0.3) is 11.8 Å². The van der Waals surface area contributed by atoms with Crippen molar-refractivity contribution >= 4 is 74.8 Å². The van der Waals surface area contributed by atoms with E-state index in [-0.39, 0.29) is 24.7 Å². The molecule has 0 bridgehead atoms. The van der Waals surface area contributed by atoms with Gasteiger partial charge in [0.05, 0.1) is 20.9 Å². The van der Waals surface area contributed by atoms with Crippen molar-refractivity contribution in [3.8, 4) is 23.3 Å². The number of fused-ring (bicyclic) bond motifs is 1. The fourth-order valence-corrected chi connectivity index (χ4v) is 5.86. The number of anilines is 1. The fraction of sp³-hybridized carbons (Fsp3) is 0.0769. The molecule has 3 aromatic rings. The van der Waals surface area contributed by atoms with Crippen molar-refractivity contribution in [1.29, 1.82) is 5.26 Å². The molecule has 0 radical (unpaired) electrons. The molecule has 0 atom stereocenters. The molecule has 5 rings (SSSR count). The Hall–Kier alpha value is -3.64. The molecule has 9 nitrogen and oxygen atoms in total. The molecule has 0 aliphatic carbocycles. The molecule has 1 N–H and O–H groups in total. The number of nitrogens with zero attached hydrogens (tertiary/aromatic N) is 2. The molecule has 4 amide bonds. The summed E-state index contributed by atoms with van der Waals surface area (Å²) in [6.07, 6.45) is 1.40. The quantitative estimate of drug-likeness (QED) is 0.230. The lowest BCUT2D eigenvalue weighted by Gasteiger charge is -2.26. The monoisotopic (exact) mass is 719 g/mol. The Morgan fingerprint density at radius 1 is 1.05 bits per heavy atom. The molecule has 0 saturated carbocycles. The molecular weight excluding hydrogens is 704 g/mol. The van der Waals surface area contributed by atoms with E-state index in [2.05, 4.69) is 56.6 Å². The second-order valence-corrected chi connectivity index (χ2v) is 10.3. The second-order valence-electron chi connectivity index (χ2n) is 7.86. The van der Waals surface area contributed by atoms with E-state index in [0.717, 1.165) is 12.0 Å². The SMILES string of the molecule is N#Cc1ccccc1COc1c(I)cc(I)cc1/C=C1\C(=O)NC(=O)N(c2ccc3c(c2)OCO3)C1=O. The summed E-state index contributed by atoms with van der Waals surface area (Å²) >= 11 is 4.24. The van der Waals surface area contributed by atoms with Gasteiger partial charge in [-0.25, -0.2) is 9.69 Å². The lowest BCUT2D eigenvalue weighted by Crippen LogP contribution is -2.54. The van der Waals surface area contributed by atoms with E-state index >= 15 is 0 Å². The minimum atomic E-state index is -0.868. The molecule has 0 aromatic heterocycles. The van der Waals surface area contributed by atoms with Gasteiger partial charge in [0, 0.05) is 20.8 Å². The molecule has 2 heterocycles. The van der Waals surface area contributed by atoms with Crippen molar-refractivity contribution in [3.63, 3.8) is 0 Å². The van der Waals surface area contributed by atoms with Gasteiger partial charge in [-0.2, -0.15) is 5.26 Å². The Labute approximate surface area is 238 Å². The van der Waals surface area contributed by atoms with Crippen molar-refractivity contribution in [1.82, 2.24) is 5.32 Å². The van der Waals surface area contributed by atoms with Crippen LogP contribution < -0.4 is 24.4 Å². The van der Waals surface area contributed by atoms with Crippen LogP contribution >= 0.6 is 45.2 Å². The summed E-state index contributed by atoms with van der Waals surface area (Å²) in [6, 6.07) is 16.6. The predicted octanol–water partition coefficient (Wildman–Crippen LogP) is 4.74. The van der Waals surface area contributed by atoms with Crippen LogP contribution in [0, 0.1) is 18.5 Å². The van der Waals surface area contributed by atoms with Crippen LogP contribution in [0.3, 0.4) is 0 Å². The summed E-state index contributed by atoms with van der Waals surface area (Å²) in [7, 11) is 0. The molecule has 3 aromatic carbocycles. The van der Waals surface area contributed by atoms with Gasteiger partial charge in [0.1, 0.15) is 17.9 Å². The fourth-order valence-electron chi connectivity index (χ4n) is 3.82. The third-order valence-electron chi connectivity index (χ3n) is 5.56. The lowest BCUT2D eigenvalue weighted by atomic mass is 10.1. The van der Waals surface area contributed by atoms with Gasteiger partial charge in [0.15, 0.2) is 11.5 Å². The van der Waals surface area contributed by atoms with Crippen molar-refractivity contribution in [2.45, 2.75) is 6.61 Å². The normalized spacial score (nSPS) is 15.5. The molecule has 184 valence electrons. The van der Waals surface area contributed by atoms with Gasteiger partial charge in [-0.15, -0.1) is 0 Å². The number of carbonyl (C=O) groups excluding carboxylic acids is 3. The summed E-state index contributed by atoms with van der Waals surface area (Å²) in [5, 5.41) is 11.6. The number of amides is 4. The van der Waals surface area contributed by atoms with Gasteiger partial charge >= 0.3 is 6.03 Å². The van der Waals surface area contributed by atoms with Crippen molar-refractivity contribution in [2.24, 2.45) is 0 Å². The maximum Gasteiger partial charge on any atom is 0.335 e. The number of hydrogen-bond acceptors (Lipinski definition) is 7. The van der Waals surface area contributed by atoms with Crippen LogP contribution in [0.15, 0.2) is 60.2 Å². The molecule has 0 unspecified atom stereocenters. The summed E-state index contributed by atoms with van der Waals surface area (Å²) in [5.41, 5.74) is 1.65. The number of ether oxygens (including phenoxy) is 3. The number of urea groups is 1. The first kappa shape index (κ1) is 25.0. The van der Waals surface area contributed by atoms with Gasteiger partial charge in [-0.1, -0.05) is 18.2 Å². The number of nitriles is 1. The average Bonchev–Trinajstić information content (AvgIpc) is 3.34. The van der Waals surface area contributed by atoms with Crippen LogP contribution in [0.5, 0.6) is 17.2 Å². The maximum atomic E-state index is 13.4. The van der Waals surface area contributed by atoms with Crippen LogP contribution in [0.25, 0.3) is 6.08 Å². The Morgan fingerprint density at radius 2 is 1.84 bits per heavy atom. The Bertz CT molecular complexity index is 1550. The summed E-state index contributed by atoms with van der Waals surface area (Å²) < 4.78 is 18.3. The number of hydrogen-bond donors (Lipinski definition) is 1. The van der Waals surface area contributed by atoms with E-state index in [1.54, 1.807) is 30.3 Å². The summed E-state index contributed by atoms with van der Waals surface area (Å²) in [4.78, 5) is 39.7. The van der Waals surface area contributed by atoms with Crippen molar-refractivity contribution in [3.05, 3.63) is 84.0 Å². The zero-order valence-electron chi connectivity index (χ0n) is 18.8. The predicted molar refractivity (Wildman–Crippen MR) is 149 cm³/mol. The summed E-state index contributed by atoms with van der Waals surface area (Å²) in [6.45, 7) is 0.147. The van der Waals surface area contributed by atoms with E-state index in [9.17, 15) is 19.6 Å². The number of imide groups is 2. The highest BCUT2D eigenvalue weighted by Crippen LogP contribution is 2.37. The summed E-state index contributed by atoms with van der Waals surface area (Å²) in [5.74, 6) is -0.285. The molecule has 2 aliphatic rings. The van der Waals surface area contributed by atoms with E-state index < -0.39 is 17.8 Å². The topological polar surface area (TPSA) is 118 Å². The first-order valence-corrected chi connectivity index (χ1v) is 12.9. The number of carbonyl (C=O) groups is 3. The molecule has 11 heteroatoms. The standard InChI is InChI=1S/C26H15I2N3O6/c27-17-7-16(23(20(28)9-17)35-12-15-4-2-1-3-14(15)11-29)8-19-24(32)30-26(34)31(25(19)33)18-5-6-21-22(10-18)37-13-36-21/h1-10H,12-13H2,(H,30,32,34)/b19-8+. The number of halogens is 2. The zero-order chi connectivity index (χ0) is 26.1. The largest absolute Gasteiger partial charge is 0.487 e. The highest BCUT2D eigenvalue weighted by atomic mass is 127. The van der Waals surface area contributed by atoms with Crippen LogP contribution in [0.4, 0.5) is 10.5 Å². The van der Waals surface area contributed by atoms with E-state index in [0.29, 0.717) is 33.9 Å². The second kappa shape index (κ2) is 10.4. The molecule has 37 heavy (non-hydrogen) atoms. The Kier molecular flexibility index (Phi) is 7.02. The highest BCUT2D eigenvalue weighted by molar-refractivity contribution is 14.1.